The standard InChI is InChI=1S/C27H30ClN5O2/c28-22-10-8-20(9-11-22)23-17-30-27(29)31-25(23)24-3-1-2-12-33(24)26(34)21-6-4-19(5-7-21)18-32-13-15-35-16-14-32/h4-11,17,24H,1-3,12-16,18H2,(H2,29,30,31). The van der Waals surface area contributed by atoms with E-state index in [1.54, 1.807) is 6.20 Å². The third-order valence-electron chi connectivity index (χ3n) is 6.78. The highest BCUT2D eigenvalue weighted by atomic mass is 35.5. The summed E-state index contributed by atoms with van der Waals surface area (Å²) in [4.78, 5) is 26.9. The topological polar surface area (TPSA) is 84.6 Å². The summed E-state index contributed by atoms with van der Waals surface area (Å²) in [7, 11) is 0. The summed E-state index contributed by atoms with van der Waals surface area (Å²) in [5.74, 6) is 0.231. The van der Waals surface area contributed by atoms with Crippen molar-refractivity contribution in [2.24, 2.45) is 0 Å². The lowest BCUT2D eigenvalue weighted by molar-refractivity contribution is 0.0342. The predicted octanol–water partition coefficient (Wildman–Crippen LogP) is 4.58. The molecule has 5 rings (SSSR count). The SMILES string of the molecule is Nc1ncc(-c2ccc(Cl)cc2)c(C2CCCCN2C(=O)c2ccc(CN3CCOCC3)cc2)n1. The largest absolute Gasteiger partial charge is 0.379 e. The van der Waals surface area contributed by atoms with Crippen LogP contribution in [0.15, 0.2) is 54.7 Å². The summed E-state index contributed by atoms with van der Waals surface area (Å²) in [6, 6.07) is 15.4. The number of halogens is 1. The van der Waals surface area contributed by atoms with Crippen molar-refractivity contribution in [3.63, 3.8) is 0 Å². The molecule has 0 spiro atoms. The molecule has 3 heterocycles. The third-order valence-corrected chi connectivity index (χ3v) is 7.03. The number of anilines is 1. The Bertz CT molecular complexity index is 1160. The van der Waals surface area contributed by atoms with Gasteiger partial charge in [0.15, 0.2) is 0 Å². The van der Waals surface area contributed by atoms with Gasteiger partial charge in [0.05, 0.1) is 24.9 Å². The van der Waals surface area contributed by atoms with E-state index in [2.05, 4.69) is 27.0 Å². The van der Waals surface area contributed by atoms with E-state index in [0.717, 1.165) is 68.9 Å². The first-order chi connectivity index (χ1) is 17.1. The van der Waals surface area contributed by atoms with E-state index in [-0.39, 0.29) is 17.9 Å². The van der Waals surface area contributed by atoms with Gasteiger partial charge in [-0.1, -0.05) is 35.9 Å². The van der Waals surface area contributed by atoms with Gasteiger partial charge in [0, 0.05) is 48.5 Å². The van der Waals surface area contributed by atoms with Crippen LogP contribution in [0.25, 0.3) is 11.1 Å². The number of nitrogens with zero attached hydrogens (tertiary/aromatic N) is 4. The molecule has 8 heteroatoms. The molecule has 0 radical (unpaired) electrons. The minimum atomic E-state index is -0.166. The minimum absolute atomic E-state index is 0.0202. The maximum atomic E-state index is 13.7. The van der Waals surface area contributed by atoms with Crippen molar-refractivity contribution in [2.75, 3.05) is 38.6 Å². The van der Waals surface area contributed by atoms with E-state index in [4.69, 9.17) is 22.1 Å². The Morgan fingerprint density at radius 3 is 2.51 bits per heavy atom. The van der Waals surface area contributed by atoms with Crippen molar-refractivity contribution >= 4 is 23.5 Å². The molecule has 2 aliphatic rings. The molecule has 1 aromatic heterocycles. The summed E-state index contributed by atoms with van der Waals surface area (Å²) >= 11 is 6.10. The molecule has 2 fully saturated rings. The molecule has 2 aromatic carbocycles. The molecular formula is C27H30ClN5O2. The van der Waals surface area contributed by atoms with E-state index >= 15 is 0 Å². The van der Waals surface area contributed by atoms with Crippen LogP contribution in [-0.2, 0) is 11.3 Å². The molecule has 2 aliphatic heterocycles. The summed E-state index contributed by atoms with van der Waals surface area (Å²) < 4.78 is 5.44. The van der Waals surface area contributed by atoms with Crippen LogP contribution in [0.1, 0.15) is 46.9 Å². The first-order valence-electron chi connectivity index (χ1n) is 12.2. The highest BCUT2D eigenvalue weighted by molar-refractivity contribution is 6.30. The average Bonchev–Trinajstić information content (AvgIpc) is 2.90. The van der Waals surface area contributed by atoms with E-state index in [1.165, 1.54) is 5.56 Å². The summed E-state index contributed by atoms with van der Waals surface area (Å²) in [6.45, 7) is 4.98. The molecule has 1 atom stereocenters. The van der Waals surface area contributed by atoms with Crippen LogP contribution in [0.3, 0.4) is 0 Å². The second-order valence-electron chi connectivity index (χ2n) is 9.13. The summed E-state index contributed by atoms with van der Waals surface area (Å²) in [5.41, 5.74) is 10.5. The number of rotatable bonds is 5. The molecule has 0 saturated carbocycles. The average molecular weight is 492 g/mol. The van der Waals surface area contributed by atoms with Gasteiger partial charge in [-0.05, 0) is 54.7 Å². The first kappa shape index (κ1) is 23.7. The van der Waals surface area contributed by atoms with Crippen LogP contribution in [-0.4, -0.2) is 58.5 Å². The van der Waals surface area contributed by atoms with Gasteiger partial charge in [-0.15, -0.1) is 0 Å². The van der Waals surface area contributed by atoms with E-state index in [9.17, 15) is 4.79 Å². The lowest BCUT2D eigenvalue weighted by atomic mass is 9.93. The number of ether oxygens (including phenoxy) is 1. The number of piperidine rings is 1. The van der Waals surface area contributed by atoms with Crippen molar-refractivity contribution in [2.45, 2.75) is 31.8 Å². The maximum absolute atomic E-state index is 13.7. The van der Waals surface area contributed by atoms with Gasteiger partial charge in [-0.3, -0.25) is 9.69 Å². The Labute approximate surface area is 210 Å². The molecule has 2 saturated heterocycles. The van der Waals surface area contributed by atoms with Crippen molar-refractivity contribution in [1.82, 2.24) is 19.8 Å². The highest BCUT2D eigenvalue weighted by Gasteiger charge is 2.32. The number of nitrogen functional groups attached to an aromatic ring is 1. The zero-order valence-electron chi connectivity index (χ0n) is 19.7. The maximum Gasteiger partial charge on any atom is 0.254 e. The van der Waals surface area contributed by atoms with Gasteiger partial charge in [0.2, 0.25) is 5.95 Å². The van der Waals surface area contributed by atoms with Crippen LogP contribution < -0.4 is 5.73 Å². The molecule has 3 aromatic rings. The fourth-order valence-electron chi connectivity index (χ4n) is 4.91. The van der Waals surface area contributed by atoms with Crippen LogP contribution >= 0.6 is 11.6 Å². The number of carbonyl (C=O) groups excluding carboxylic acids is 1. The Kier molecular flexibility index (Phi) is 7.27. The van der Waals surface area contributed by atoms with E-state index < -0.39 is 0 Å². The number of benzene rings is 2. The fraction of sp³-hybridized carbons (Fsp3) is 0.370. The van der Waals surface area contributed by atoms with E-state index in [0.29, 0.717) is 17.1 Å². The predicted molar refractivity (Wildman–Crippen MR) is 137 cm³/mol. The Morgan fingerprint density at radius 1 is 1.03 bits per heavy atom. The van der Waals surface area contributed by atoms with Gasteiger partial charge in [0.25, 0.3) is 5.91 Å². The van der Waals surface area contributed by atoms with Crippen molar-refractivity contribution in [3.05, 3.63) is 76.6 Å². The number of aromatic nitrogens is 2. The lowest BCUT2D eigenvalue weighted by Gasteiger charge is -2.36. The van der Waals surface area contributed by atoms with E-state index in [1.807, 2.05) is 41.3 Å². The molecule has 182 valence electrons. The second kappa shape index (κ2) is 10.7. The van der Waals surface area contributed by atoms with Gasteiger partial charge in [0.1, 0.15) is 0 Å². The number of amides is 1. The second-order valence-corrected chi connectivity index (χ2v) is 9.57. The molecule has 2 N–H and O–H groups in total. The number of nitrogens with two attached hydrogens (primary N) is 1. The monoisotopic (exact) mass is 491 g/mol. The first-order valence-corrected chi connectivity index (χ1v) is 12.5. The molecule has 0 aliphatic carbocycles. The quantitative estimate of drug-likeness (QED) is 0.562. The minimum Gasteiger partial charge on any atom is -0.379 e. The van der Waals surface area contributed by atoms with Crippen LogP contribution in [0, 0.1) is 0 Å². The summed E-state index contributed by atoms with van der Waals surface area (Å²) in [6.07, 6.45) is 4.57. The molecule has 7 nitrogen and oxygen atoms in total. The Morgan fingerprint density at radius 2 is 1.77 bits per heavy atom. The van der Waals surface area contributed by atoms with Crippen LogP contribution in [0.5, 0.6) is 0 Å². The van der Waals surface area contributed by atoms with Crippen molar-refractivity contribution in [1.29, 1.82) is 0 Å². The van der Waals surface area contributed by atoms with Gasteiger partial charge < -0.3 is 15.4 Å². The van der Waals surface area contributed by atoms with Gasteiger partial charge in [-0.25, -0.2) is 9.97 Å². The molecule has 1 amide bonds. The zero-order valence-corrected chi connectivity index (χ0v) is 20.5. The lowest BCUT2D eigenvalue weighted by Crippen LogP contribution is -2.39. The highest BCUT2D eigenvalue weighted by Crippen LogP contribution is 2.37. The molecule has 35 heavy (non-hydrogen) atoms. The Balaban J connectivity index is 1.40. The Hall–Kier alpha value is -3.00. The summed E-state index contributed by atoms with van der Waals surface area (Å²) in [5, 5.41) is 0.665. The molecule has 0 bridgehead atoms. The molecular weight excluding hydrogens is 462 g/mol. The smallest absolute Gasteiger partial charge is 0.254 e. The van der Waals surface area contributed by atoms with Crippen LogP contribution in [0.2, 0.25) is 5.02 Å². The van der Waals surface area contributed by atoms with Crippen molar-refractivity contribution < 1.29 is 9.53 Å². The normalized spacial score (nSPS) is 19.0. The zero-order chi connectivity index (χ0) is 24.2. The van der Waals surface area contributed by atoms with Gasteiger partial charge >= 0.3 is 0 Å². The number of likely N-dealkylation sites (tertiary alicyclic amines) is 1. The number of morpholine rings is 1. The number of hydrogen-bond donors (Lipinski definition) is 1. The van der Waals surface area contributed by atoms with Crippen LogP contribution in [0.4, 0.5) is 5.95 Å². The van der Waals surface area contributed by atoms with Gasteiger partial charge in [-0.2, -0.15) is 0 Å². The van der Waals surface area contributed by atoms with Crippen molar-refractivity contribution in [3.8, 4) is 11.1 Å². The number of carbonyl (C=O) groups is 1. The number of hydrogen-bond acceptors (Lipinski definition) is 6. The molecule has 1 unspecified atom stereocenters. The fourth-order valence-corrected chi connectivity index (χ4v) is 5.04. The third kappa shape index (κ3) is 5.48.